The van der Waals surface area contributed by atoms with E-state index in [4.69, 9.17) is 30.5 Å². The fourth-order valence-electron chi connectivity index (χ4n) is 2.74. The molecule has 0 aliphatic carbocycles. The average molecular weight is 408 g/mol. The number of anilines is 1. The van der Waals surface area contributed by atoms with E-state index >= 15 is 0 Å². The maximum Gasteiger partial charge on any atom is 0.262 e. The highest BCUT2D eigenvalue weighted by atomic mass is 35.5. The molecule has 1 N–H and O–H groups in total. The minimum Gasteiger partial charge on any atom is -0.493 e. The second-order valence-corrected chi connectivity index (χ2v) is 6.95. The molecule has 152 valence electrons. The van der Waals surface area contributed by atoms with Crippen molar-refractivity contribution in [3.63, 3.8) is 0 Å². The topological polar surface area (TPSA) is 66.0 Å². The molecule has 0 fully saturated rings. The van der Waals surface area contributed by atoms with Crippen molar-refractivity contribution in [2.45, 2.75) is 26.7 Å². The van der Waals surface area contributed by atoms with Gasteiger partial charge < -0.3 is 24.3 Å². The van der Waals surface area contributed by atoms with Crippen LogP contribution in [0.5, 0.6) is 23.0 Å². The number of rotatable bonds is 8. The van der Waals surface area contributed by atoms with Crippen LogP contribution in [0.4, 0.5) is 5.69 Å². The lowest BCUT2D eigenvalue weighted by molar-refractivity contribution is -0.118. The number of ether oxygens (including phenoxy) is 4. The van der Waals surface area contributed by atoms with Crippen molar-refractivity contribution in [2.75, 3.05) is 33.3 Å². The molecular weight excluding hydrogens is 382 g/mol. The lowest BCUT2D eigenvalue weighted by Gasteiger charge is -2.17. The van der Waals surface area contributed by atoms with E-state index < -0.39 is 0 Å². The first-order chi connectivity index (χ1) is 13.3. The summed E-state index contributed by atoms with van der Waals surface area (Å²) in [6.45, 7) is 5.85. The van der Waals surface area contributed by atoms with Crippen LogP contribution in [0.25, 0.3) is 0 Å². The van der Waals surface area contributed by atoms with Crippen molar-refractivity contribution in [1.29, 1.82) is 0 Å². The number of methoxy groups -OCH3 is 3. The zero-order valence-corrected chi connectivity index (χ0v) is 17.8. The molecule has 0 atom stereocenters. The molecule has 6 nitrogen and oxygen atoms in total. The van der Waals surface area contributed by atoms with Crippen molar-refractivity contribution in [3.8, 4) is 23.0 Å². The van der Waals surface area contributed by atoms with Crippen LogP contribution in [0.15, 0.2) is 24.3 Å². The number of hydrogen-bond donors (Lipinski definition) is 1. The van der Waals surface area contributed by atoms with Gasteiger partial charge in [0.25, 0.3) is 5.91 Å². The second kappa shape index (κ2) is 9.55. The number of halogens is 1. The zero-order valence-electron chi connectivity index (χ0n) is 17.0. The van der Waals surface area contributed by atoms with Crippen LogP contribution in [-0.2, 0) is 4.79 Å². The van der Waals surface area contributed by atoms with E-state index in [1.54, 1.807) is 12.1 Å². The minimum atomic E-state index is -0.309. The van der Waals surface area contributed by atoms with Crippen molar-refractivity contribution >= 4 is 23.2 Å². The molecule has 0 saturated heterocycles. The Kier molecular flexibility index (Phi) is 7.40. The summed E-state index contributed by atoms with van der Waals surface area (Å²) in [5.74, 6) is 1.92. The summed E-state index contributed by atoms with van der Waals surface area (Å²) >= 11 is 6.21. The minimum absolute atomic E-state index is 0.141. The molecule has 0 aliphatic heterocycles. The third kappa shape index (κ3) is 5.01. The smallest absolute Gasteiger partial charge is 0.262 e. The van der Waals surface area contributed by atoms with Gasteiger partial charge in [0.15, 0.2) is 18.1 Å². The Balaban J connectivity index is 2.14. The van der Waals surface area contributed by atoms with Crippen molar-refractivity contribution in [2.24, 2.45) is 0 Å². The number of carbonyl (C=O) groups excluding carboxylic acids is 1. The van der Waals surface area contributed by atoms with E-state index in [2.05, 4.69) is 5.32 Å². The summed E-state index contributed by atoms with van der Waals surface area (Å²) in [4.78, 5) is 12.4. The zero-order chi connectivity index (χ0) is 20.8. The van der Waals surface area contributed by atoms with Gasteiger partial charge in [-0.25, -0.2) is 0 Å². The summed E-state index contributed by atoms with van der Waals surface area (Å²) in [6, 6.07) is 7.05. The molecule has 7 heteroatoms. The number of carbonyl (C=O) groups is 1. The molecule has 0 heterocycles. The predicted molar refractivity (Wildman–Crippen MR) is 111 cm³/mol. The first kappa shape index (κ1) is 21.7. The maximum absolute atomic E-state index is 12.4. The molecule has 28 heavy (non-hydrogen) atoms. The van der Waals surface area contributed by atoms with Gasteiger partial charge in [-0.05, 0) is 36.1 Å². The molecule has 2 aromatic carbocycles. The molecule has 0 spiro atoms. The fraction of sp³-hybridized carbons (Fsp3) is 0.381. The highest BCUT2D eigenvalue weighted by molar-refractivity contribution is 6.31. The van der Waals surface area contributed by atoms with E-state index in [1.165, 1.54) is 21.3 Å². The van der Waals surface area contributed by atoms with Gasteiger partial charge >= 0.3 is 0 Å². The lowest BCUT2D eigenvalue weighted by Crippen LogP contribution is -2.20. The standard InChI is InChI=1S/C21H26ClNO5/c1-12(2)15-10-16(22)13(3)7-17(15)28-11-20(24)23-14-8-18(25-4)21(27-6)19(9-14)26-5/h7-10,12H,11H2,1-6H3,(H,23,24). The normalized spacial score (nSPS) is 10.6. The number of hydrogen-bond acceptors (Lipinski definition) is 5. The molecule has 0 radical (unpaired) electrons. The van der Waals surface area contributed by atoms with Gasteiger partial charge in [0, 0.05) is 22.8 Å². The first-order valence-corrected chi connectivity index (χ1v) is 9.21. The van der Waals surface area contributed by atoms with E-state index in [1.807, 2.05) is 32.9 Å². The Labute approximate surface area is 170 Å². The van der Waals surface area contributed by atoms with Gasteiger partial charge in [-0.3, -0.25) is 4.79 Å². The lowest BCUT2D eigenvalue weighted by atomic mass is 10.0. The molecule has 0 saturated carbocycles. The van der Waals surface area contributed by atoms with Crippen molar-refractivity contribution in [1.82, 2.24) is 0 Å². The number of amides is 1. The third-order valence-electron chi connectivity index (χ3n) is 4.22. The summed E-state index contributed by atoms with van der Waals surface area (Å²) in [7, 11) is 4.55. The largest absolute Gasteiger partial charge is 0.493 e. The van der Waals surface area contributed by atoms with Crippen LogP contribution in [0.1, 0.15) is 30.9 Å². The number of aryl methyl sites for hydroxylation is 1. The Morgan fingerprint density at radius 1 is 1.00 bits per heavy atom. The highest BCUT2D eigenvalue weighted by Gasteiger charge is 2.16. The SMILES string of the molecule is COc1cc(NC(=O)COc2cc(C)c(Cl)cc2C(C)C)cc(OC)c1OC. The Morgan fingerprint density at radius 3 is 2.11 bits per heavy atom. The monoisotopic (exact) mass is 407 g/mol. The number of benzene rings is 2. The summed E-state index contributed by atoms with van der Waals surface area (Å²) in [5, 5.41) is 3.46. The molecule has 2 aromatic rings. The van der Waals surface area contributed by atoms with Crippen LogP contribution in [0.3, 0.4) is 0 Å². The van der Waals surface area contributed by atoms with Gasteiger partial charge in [-0.2, -0.15) is 0 Å². The van der Waals surface area contributed by atoms with Gasteiger partial charge in [-0.1, -0.05) is 25.4 Å². The van der Waals surface area contributed by atoms with Gasteiger partial charge in [0.2, 0.25) is 5.75 Å². The molecule has 2 rings (SSSR count). The van der Waals surface area contributed by atoms with Crippen LogP contribution < -0.4 is 24.3 Å². The molecule has 0 bridgehead atoms. The third-order valence-corrected chi connectivity index (χ3v) is 4.63. The van der Waals surface area contributed by atoms with Gasteiger partial charge in [0.05, 0.1) is 21.3 Å². The summed E-state index contributed by atoms with van der Waals surface area (Å²) in [5.41, 5.74) is 2.36. The fourth-order valence-corrected chi connectivity index (χ4v) is 2.91. The van der Waals surface area contributed by atoms with Gasteiger partial charge in [0.1, 0.15) is 5.75 Å². The first-order valence-electron chi connectivity index (χ1n) is 8.83. The van der Waals surface area contributed by atoms with E-state index in [-0.39, 0.29) is 18.4 Å². The predicted octanol–water partition coefficient (Wildman–Crippen LogP) is 4.82. The van der Waals surface area contributed by atoms with E-state index in [0.717, 1.165) is 11.1 Å². The Morgan fingerprint density at radius 2 is 1.61 bits per heavy atom. The van der Waals surface area contributed by atoms with Crippen LogP contribution >= 0.6 is 11.6 Å². The molecule has 0 unspecified atom stereocenters. The molecular formula is C21H26ClNO5. The van der Waals surface area contributed by atoms with E-state index in [0.29, 0.717) is 33.7 Å². The second-order valence-electron chi connectivity index (χ2n) is 6.54. The van der Waals surface area contributed by atoms with Crippen LogP contribution in [0.2, 0.25) is 5.02 Å². The van der Waals surface area contributed by atoms with Crippen molar-refractivity contribution < 1.29 is 23.7 Å². The Hall–Kier alpha value is -2.60. The maximum atomic E-state index is 12.4. The van der Waals surface area contributed by atoms with Crippen LogP contribution in [-0.4, -0.2) is 33.8 Å². The highest BCUT2D eigenvalue weighted by Crippen LogP contribution is 2.40. The van der Waals surface area contributed by atoms with E-state index in [9.17, 15) is 4.79 Å². The average Bonchev–Trinajstić information content (AvgIpc) is 2.67. The summed E-state index contributed by atoms with van der Waals surface area (Å²) < 4.78 is 21.6. The molecule has 0 aromatic heterocycles. The van der Waals surface area contributed by atoms with Crippen LogP contribution in [0, 0.1) is 6.92 Å². The Bertz CT molecular complexity index is 826. The quantitative estimate of drug-likeness (QED) is 0.679. The molecule has 0 aliphatic rings. The van der Waals surface area contributed by atoms with Gasteiger partial charge in [-0.15, -0.1) is 0 Å². The van der Waals surface area contributed by atoms with Crippen molar-refractivity contribution in [3.05, 3.63) is 40.4 Å². The summed E-state index contributed by atoms with van der Waals surface area (Å²) in [6.07, 6.45) is 0. The molecule has 1 amide bonds. The number of nitrogens with one attached hydrogen (secondary N) is 1.